The van der Waals surface area contributed by atoms with Gasteiger partial charge in [0, 0.05) is 39.3 Å². The van der Waals surface area contributed by atoms with Crippen LogP contribution in [0.1, 0.15) is 28.1 Å². The van der Waals surface area contributed by atoms with E-state index in [1.54, 1.807) is 0 Å². The summed E-state index contributed by atoms with van der Waals surface area (Å²) in [5.41, 5.74) is 0.966. The standard InChI is InChI=1S/C14H20N2O2S/c17-14(18)13-12(3-8-19-13)10-16-6-4-15(5-7-16)9-11-1-2-11/h3,8,11H,1-2,4-7,9-10H2,(H,17,18). The number of hydrogen-bond acceptors (Lipinski definition) is 4. The highest BCUT2D eigenvalue weighted by molar-refractivity contribution is 7.12. The summed E-state index contributed by atoms with van der Waals surface area (Å²) in [5, 5.41) is 11.0. The molecule has 2 aliphatic rings. The molecule has 1 aromatic heterocycles. The topological polar surface area (TPSA) is 43.8 Å². The van der Waals surface area contributed by atoms with Gasteiger partial charge in [0.2, 0.25) is 0 Å². The molecule has 2 heterocycles. The van der Waals surface area contributed by atoms with Crippen LogP contribution in [0.2, 0.25) is 0 Å². The number of nitrogens with zero attached hydrogens (tertiary/aromatic N) is 2. The lowest BCUT2D eigenvalue weighted by atomic mass is 10.2. The zero-order valence-corrected chi connectivity index (χ0v) is 11.9. The van der Waals surface area contributed by atoms with Gasteiger partial charge in [0.15, 0.2) is 0 Å². The predicted octanol–water partition coefficient (Wildman–Crippen LogP) is 1.97. The van der Waals surface area contributed by atoms with Gasteiger partial charge >= 0.3 is 5.97 Å². The van der Waals surface area contributed by atoms with Crippen molar-refractivity contribution < 1.29 is 9.90 Å². The molecule has 1 saturated heterocycles. The summed E-state index contributed by atoms with van der Waals surface area (Å²) in [7, 11) is 0. The van der Waals surface area contributed by atoms with Crippen molar-refractivity contribution in [3.63, 3.8) is 0 Å². The van der Waals surface area contributed by atoms with E-state index < -0.39 is 5.97 Å². The maximum Gasteiger partial charge on any atom is 0.346 e. The minimum atomic E-state index is -0.794. The molecular formula is C14H20N2O2S. The smallest absolute Gasteiger partial charge is 0.346 e. The molecule has 19 heavy (non-hydrogen) atoms. The van der Waals surface area contributed by atoms with E-state index in [0.717, 1.165) is 44.2 Å². The average molecular weight is 280 g/mol. The molecule has 0 spiro atoms. The Morgan fingerprint density at radius 2 is 1.95 bits per heavy atom. The normalized spacial score (nSPS) is 21.7. The summed E-state index contributed by atoms with van der Waals surface area (Å²) in [6.07, 6.45) is 2.83. The number of carboxylic acids is 1. The van der Waals surface area contributed by atoms with E-state index in [1.165, 1.54) is 30.7 Å². The van der Waals surface area contributed by atoms with Gasteiger partial charge in [-0.2, -0.15) is 0 Å². The SMILES string of the molecule is O=C(O)c1sccc1CN1CCN(CC2CC2)CC1. The lowest BCUT2D eigenvalue weighted by Crippen LogP contribution is -2.46. The second-order valence-corrected chi connectivity index (χ2v) is 6.52. The van der Waals surface area contributed by atoms with Gasteiger partial charge in [0.1, 0.15) is 4.88 Å². The van der Waals surface area contributed by atoms with Crippen molar-refractivity contribution in [3.8, 4) is 0 Å². The molecule has 0 aromatic carbocycles. The molecule has 3 rings (SSSR count). The highest BCUT2D eigenvalue weighted by Gasteiger charge is 2.26. The van der Waals surface area contributed by atoms with Crippen LogP contribution in [-0.2, 0) is 6.54 Å². The monoisotopic (exact) mass is 280 g/mol. The lowest BCUT2D eigenvalue weighted by Gasteiger charge is -2.34. The summed E-state index contributed by atoms with van der Waals surface area (Å²) < 4.78 is 0. The Hall–Kier alpha value is -0.910. The van der Waals surface area contributed by atoms with Crippen molar-refractivity contribution in [3.05, 3.63) is 21.9 Å². The third-order valence-electron chi connectivity index (χ3n) is 4.01. The number of carboxylic acid groups (broad SMARTS) is 1. The summed E-state index contributed by atoms with van der Waals surface area (Å²) in [6, 6.07) is 1.95. The van der Waals surface area contributed by atoms with Crippen LogP contribution in [0.4, 0.5) is 0 Å². The van der Waals surface area contributed by atoms with Crippen LogP contribution < -0.4 is 0 Å². The van der Waals surface area contributed by atoms with E-state index in [0.29, 0.717) is 4.88 Å². The molecule has 104 valence electrons. The maximum absolute atomic E-state index is 11.1. The second-order valence-electron chi connectivity index (χ2n) is 5.60. The predicted molar refractivity (Wildman–Crippen MR) is 75.7 cm³/mol. The van der Waals surface area contributed by atoms with E-state index in [9.17, 15) is 4.79 Å². The van der Waals surface area contributed by atoms with Crippen molar-refractivity contribution in [1.29, 1.82) is 0 Å². The zero-order valence-electron chi connectivity index (χ0n) is 11.0. The van der Waals surface area contributed by atoms with Crippen molar-refractivity contribution in [2.75, 3.05) is 32.7 Å². The molecule has 1 saturated carbocycles. The van der Waals surface area contributed by atoms with Crippen molar-refractivity contribution in [2.45, 2.75) is 19.4 Å². The largest absolute Gasteiger partial charge is 0.477 e. The van der Waals surface area contributed by atoms with E-state index in [-0.39, 0.29) is 0 Å². The average Bonchev–Trinajstić information content (AvgIpc) is 3.08. The Kier molecular flexibility index (Phi) is 3.86. The molecular weight excluding hydrogens is 260 g/mol. The molecule has 2 fully saturated rings. The van der Waals surface area contributed by atoms with Gasteiger partial charge in [-0.3, -0.25) is 4.90 Å². The quantitative estimate of drug-likeness (QED) is 0.895. The number of rotatable bonds is 5. The van der Waals surface area contributed by atoms with E-state index in [1.807, 2.05) is 11.4 Å². The van der Waals surface area contributed by atoms with Crippen LogP contribution in [0.3, 0.4) is 0 Å². The Bertz CT molecular complexity index is 448. The number of aromatic carboxylic acids is 1. The fraction of sp³-hybridized carbons (Fsp3) is 0.643. The highest BCUT2D eigenvalue weighted by atomic mass is 32.1. The molecule has 4 nitrogen and oxygen atoms in total. The number of piperazine rings is 1. The Labute approximate surface area is 117 Å². The zero-order chi connectivity index (χ0) is 13.2. The van der Waals surface area contributed by atoms with Gasteiger partial charge in [-0.15, -0.1) is 11.3 Å². The molecule has 0 unspecified atom stereocenters. The van der Waals surface area contributed by atoms with E-state index >= 15 is 0 Å². The van der Waals surface area contributed by atoms with Gasteiger partial charge in [0.25, 0.3) is 0 Å². The fourth-order valence-electron chi connectivity index (χ4n) is 2.68. The van der Waals surface area contributed by atoms with E-state index in [2.05, 4.69) is 9.80 Å². The first-order chi connectivity index (χ1) is 9.22. The Morgan fingerprint density at radius 3 is 2.58 bits per heavy atom. The maximum atomic E-state index is 11.1. The van der Waals surface area contributed by atoms with Crippen LogP contribution in [0, 0.1) is 5.92 Å². The first kappa shape index (κ1) is 13.1. The number of carbonyl (C=O) groups is 1. The fourth-order valence-corrected chi connectivity index (χ4v) is 3.44. The Morgan fingerprint density at radius 1 is 1.26 bits per heavy atom. The van der Waals surface area contributed by atoms with Crippen LogP contribution in [0.5, 0.6) is 0 Å². The van der Waals surface area contributed by atoms with E-state index in [4.69, 9.17) is 5.11 Å². The van der Waals surface area contributed by atoms with Crippen molar-refractivity contribution in [1.82, 2.24) is 9.80 Å². The number of hydrogen-bond donors (Lipinski definition) is 1. The summed E-state index contributed by atoms with van der Waals surface area (Å²) in [4.78, 5) is 16.5. The van der Waals surface area contributed by atoms with Gasteiger partial charge in [-0.25, -0.2) is 4.79 Å². The molecule has 0 radical (unpaired) electrons. The van der Waals surface area contributed by atoms with Gasteiger partial charge in [-0.05, 0) is 35.8 Å². The minimum absolute atomic E-state index is 0.500. The van der Waals surface area contributed by atoms with Crippen LogP contribution >= 0.6 is 11.3 Å². The van der Waals surface area contributed by atoms with Crippen molar-refractivity contribution >= 4 is 17.3 Å². The highest BCUT2D eigenvalue weighted by Crippen LogP contribution is 2.30. The molecule has 0 amide bonds. The molecule has 5 heteroatoms. The summed E-state index contributed by atoms with van der Waals surface area (Å²) >= 11 is 1.33. The minimum Gasteiger partial charge on any atom is -0.477 e. The molecule has 1 aromatic rings. The summed E-state index contributed by atoms with van der Waals surface area (Å²) in [6.45, 7) is 6.42. The van der Waals surface area contributed by atoms with Gasteiger partial charge in [0.05, 0.1) is 0 Å². The number of thiophene rings is 1. The molecule has 1 aliphatic carbocycles. The molecule has 1 N–H and O–H groups in total. The third-order valence-corrected chi connectivity index (χ3v) is 4.96. The second kappa shape index (κ2) is 5.61. The third kappa shape index (κ3) is 3.35. The lowest BCUT2D eigenvalue weighted by molar-refractivity contribution is 0.0698. The Balaban J connectivity index is 1.51. The summed E-state index contributed by atoms with van der Waals surface area (Å²) in [5.74, 6) is 0.166. The first-order valence-electron chi connectivity index (χ1n) is 6.97. The van der Waals surface area contributed by atoms with Crippen molar-refractivity contribution in [2.24, 2.45) is 5.92 Å². The molecule has 1 aliphatic heterocycles. The first-order valence-corrected chi connectivity index (χ1v) is 7.84. The van der Waals surface area contributed by atoms with Crippen LogP contribution in [-0.4, -0.2) is 53.6 Å². The van der Waals surface area contributed by atoms with Gasteiger partial charge in [-0.1, -0.05) is 0 Å². The van der Waals surface area contributed by atoms with Gasteiger partial charge < -0.3 is 10.0 Å². The van der Waals surface area contributed by atoms with Crippen LogP contribution in [0.15, 0.2) is 11.4 Å². The molecule has 0 atom stereocenters. The van der Waals surface area contributed by atoms with Crippen LogP contribution in [0.25, 0.3) is 0 Å². The molecule has 0 bridgehead atoms.